The van der Waals surface area contributed by atoms with Gasteiger partial charge in [0.1, 0.15) is 12.4 Å². The molecule has 0 N–H and O–H groups in total. The summed E-state index contributed by atoms with van der Waals surface area (Å²) >= 11 is 0. The largest absolute Gasteiger partial charge is 0.385 e. The highest BCUT2D eigenvalue weighted by molar-refractivity contribution is 5.05. The number of ether oxygens (including phenoxy) is 1. The van der Waals surface area contributed by atoms with Crippen molar-refractivity contribution >= 4 is 0 Å². The molecule has 0 radical (unpaired) electrons. The van der Waals surface area contributed by atoms with Crippen LogP contribution in [-0.2, 0) is 11.3 Å². The van der Waals surface area contributed by atoms with E-state index < -0.39 is 0 Å². The Labute approximate surface area is 77.0 Å². The van der Waals surface area contributed by atoms with E-state index in [2.05, 4.69) is 10.1 Å². The molecule has 0 spiro atoms. The molecule has 0 unspecified atom stereocenters. The molecule has 70 valence electrons. The fraction of sp³-hybridized carbons (Fsp3) is 0.625. The van der Waals surface area contributed by atoms with Crippen LogP contribution in [0.15, 0.2) is 6.33 Å². The van der Waals surface area contributed by atoms with E-state index in [1.54, 1.807) is 18.1 Å². The van der Waals surface area contributed by atoms with Crippen LogP contribution in [-0.4, -0.2) is 28.5 Å². The predicted octanol–water partition coefficient (Wildman–Crippen LogP) is 0.576. The molecule has 0 atom stereocenters. The van der Waals surface area contributed by atoms with Gasteiger partial charge in [-0.25, -0.2) is 4.98 Å². The second-order valence-electron chi connectivity index (χ2n) is 2.64. The summed E-state index contributed by atoms with van der Waals surface area (Å²) in [5, 5.41) is 12.4. The molecular formula is C8H12N4O. The average Bonchev–Trinajstić information content (AvgIpc) is 2.60. The molecule has 0 bridgehead atoms. The molecule has 0 aromatic carbocycles. The van der Waals surface area contributed by atoms with Crippen LogP contribution >= 0.6 is 0 Å². The van der Waals surface area contributed by atoms with Gasteiger partial charge in [-0.2, -0.15) is 5.26 Å². The molecule has 1 aromatic rings. The van der Waals surface area contributed by atoms with E-state index in [0.29, 0.717) is 0 Å². The van der Waals surface area contributed by atoms with Gasteiger partial charge in [0.15, 0.2) is 0 Å². The summed E-state index contributed by atoms with van der Waals surface area (Å²) in [6, 6.07) is 1.88. The molecule has 0 aliphatic rings. The Kier molecular flexibility index (Phi) is 3.93. The average molecular weight is 180 g/mol. The molecule has 0 aliphatic carbocycles. The van der Waals surface area contributed by atoms with Crippen LogP contribution in [0.25, 0.3) is 0 Å². The van der Waals surface area contributed by atoms with Crippen LogP contribution in [0.1, 0.15) is 18.7 Å². The van der Waals surface area contributed by atoms with Gasteiger partial charge in [-0.15, -0.1) is 5.10 Å². The van der Waals surface area contributed by atoms with E-state index in [9.17, 15) is 0 Å². The second kappa shape index (κ2) is 5.27. The van der Waals surface area contributed by atoms with Crippen LogP contribution in [0.5, 0.6) is 0 Å². The number of rotatable bonds is 5. The summed E-state index contributed by atoms with van der Waals surface area (Å²) < 4.78 is 6.58. The monoisotopic (exact) mass is 180 g/mol. The molecule has 0 saturated carbocycles. The van der Waals surface area contributed by atoms with Gasteiger partial charge in [-0.05, 0) is 12.8 Å². The number of aromatic nitrogens is 3. The highest BCUT2D eigenvalue weighted by atomic mass is 16.5. The van der Waals surface area contributed by atoms with Crippen molar-refractivity contribution in [3.63, 3.8) is 0 Å². The third-order valence-corrected chi connectivity index (χ3v) is 1.62. The van der Waals surface area contributed by atoms with Crippen LogP contribution in [0.3, 0.4) is 0 Å². The molecule has 5 nitrogen and oxygen atoms in total. The molecule has 5 heteroatoms. The first-order valence-corrected chi connectivity index (χ1v) is 4.15. The molecule has 0 saturated heterocycles. The van der Waals surface area contributed by atoms with Crippen molar-refractivity contribution in [1.29, 1.82) is 5.26 Å². The minimum Gasteiger partial charge on any atom is -0.385 e. The molecule has 1 heterocycles. The maximum absolute atomic E-state index is 8.45. The van der Waals surface area contributed by atoms with Crippen molar-refractivity contribution in [3.05, 3.63) is 12.2 Å². The Bertz CT molecular complexity index is 289. The summed E-state index contributed by atoms with van der Waals surface area (Å²) in [6.45, 7) is 1.55. The van der Waals surface area contributed by atoms with Gasteiger partial charge in [0.25, 0.3) is 5.82 Å². The van der Waals surface area contributed by atoms with Crippen molar-refractivity contribution in [2.45, 2.75) is 19.4 Å². The summed E-state index contributed by atoms with van der Waals surface area (Å²) in [5.41, 5.74) is 0. The Morgan fingerprint density at radius 1 is 1.62 bits per heavy atom. The van der Waals surface area contributed by atoms with Gasteiger partial charge >= 0.3 is 0 Å². The van der Waals surface area contributed by atoms with E-state index in [-0.39, 0.29) is 5.82 Å². The summed E-state index contributed by atoms with van der Waals surface area (Å²) in [7, 11) is 1.68. The number of methoxy groups -OCH3 is 1. The lowest BCUT2D eigenvalue weighted by Crippen LogP contribution is -2.00. The summed E-state index contributed by atoms with van der Waals surface area (Å²) in [4.78, 5) is 3.79. The van der Waals surface area contributed by atoms with Crippen LogP contribution < -0.4 is 0 Å². The standard InChI is InChI=1S/C8H12N4O/c1-13-5-3-2-4-12-7-10-8(6-9)11-12/h7H,2-5H2,1H3. The number of nitriles is 1. The second-order valence-corrected chi connectivity index (χ2v) is 2.64. The molecule has 1 aromatic heterocycles. The van der Waals surface area contributed by atoms with E-state index >= 15 is 0 Å². The third kappa shape index (κ3) is 3.22. The van der Waals surface area contributed by atoms with Gasteiger partial charge in [0.05, 0.1) is 0 Å². The van der Waals surface area contributed by atoms with E-state index in [1.165, 1.54) is 0 Å². The van der Waals surface area contributed by atoms with Gasteiger partial charge in [0, 0.05) is 20.3 Å². The number of unbranched alkanes of at least 4 members (excludes halogenated alkanes) is 1. The van der Waals surface area contributed by atoms with Crippen LogP contribution in [0.2, 0.25) is 0 Å². The van der Waals surface area contributed by atoms with Crippen LogP contribution in [0, 0.1) is 11.3 Å². The molecule has 0 amide bonds. The third-order valence-electron chi connectivity index (χ3n) is 1.62. The smallest absolute Gasteiger partial charge is 0.252 e. The Hall–Kier alpha value is -1.41. The SMILES string of the molecule is COCCCCn1cnc(C#N)n1. The molecule has 13 heavy (non-hydrogen) atoms. The van der Waals surface area contributed by atoms with Crippen molar-refractivity contribution in [1.82, 2.24) is 14.8 Å². The molecule has 1 rings (SSSR count). The Morgan fingerprint density at radius 2 is 2.46 bits per heavy atom. The van der Waals surface area contributed by atoms with Gasteiger partial charge in [0.2, 0.25) is 0 Å². The van der Waals surface area contributed by atoms with Crippen molar-refractivity contribution in [3.8, 4) is 6.07 Å². The highest BCUT2D eigenvalue weighted by Crippen LogP contribution is 1.94. The van der Waals surface area contributed by atoms with Gasteiger partial charge in [-0.1, -0.05) is 0 Å². The summed E-state index contributed by atoms with van der Waals surface area (Å²) in [6.07, 6.45) is 3.56. The first-order chi connectivity index (χ1) is 6.36. The van der Waals surface area contributed by atoms with E-state index in [0.717, 1.165) is 26.0 Å². The maximum Gasteiger partial charge on any atom is 0.252 e. The molecule has 0 aliphatic heterocycles. The first-order valence-electron chi connectivity index (χ1n) is 4.15. The Balaban J connectivity index is 2.25. The topological polar surface area (TPSA) is 63.7 Å². The maximum atomic E-state index is 8.45. The number of hydrogen-bond donors (Lipinski definition) is 0. The number of aryl methyl sites for hydroxylation is 1. The number of nitrogens with zero attached hydrogens (tertiary/aromatic N) is 4. The Morgan fingerprint density at radius 3 is 3.08 bits per heavy atom. The quantitative estimate of drug-likeness (QED) is 0.621. The zero-order valence-electron chi connectivity index (χ0n) is 7.60. The van der Waals surface area contributed by atoms with Crippen LogP contribution in [0.4, 0.5) is 0 Å². The lowest BCUT2D eigenvalue weighted by molar-refractivity contribution is 0.191. The molecular weight excluding hydrogens is 168 g/mol. The summed E-state index contributed by atoms with van der Waals surface area (Å²) in [5.74, 6) is 0.228. The van der Waals surface area contributed by atoms with Gasteiger partial charge < -0.3 is 4.74 Å². The zero-order valence-corrected chi connectivity index (χ0v) is 7.60. The normalized spacial score (nSPS) is 9.85. The van der Waals surface area contributed by atoms with Crippen molar-refractivity contribution < 1.29 is 4.74 Å². The fourth-order valence-electron chi connectivity index (χ4n) is 0.974. The fourth-order valence-corrected chi connectivity index (χ4v) is 0.974. The minimum absolute atomic E-state index is 0.228. The first kappa shape index (κ1) is 9.68. The molecule has 0 fully saturated rings. The lowest BCUT2D eigenvalue weighted by Gasteiger charge is -1.99. The zero-order chi connectivity index (χ0) is 9.52. The predicted molar refractivity (Wildman–Crippen MR) is 45.8 cm³/mol. The lowest BCUT2D eigenvalue weighted by atomic mass is 10.3. The minimum atomic E-state index is 0.228. The van der Waals surface area contributed by atoms with E-state index in [4.69, 9.17) is 10.00 Å². The van der Waals surface area contributed by atoms with Gasteiger partial charge in [-0.3, -0.25) is 4.68 Å². The highest BCUT2D eigenvalue weighted by Gasteiger charge is 1.97. The number of hydrogen-bond acceptors (Lipinski definition) is 4. The van der Waals surface area contributed by atoms with Crippen molar-refractivity contribution in [2.75, 3.05) is 13.7 Å². The van der Waals surface area contributed by atoms with Crippen molar-refractivity contribution in [2.24, 2.45) is 0 Å². The van der Waals surface area contributed by atoms with E-state index in [1.807, 2.05) is 6.07 Å².